The molecule has 0 bridgehead atoms. The van der Waals surface area contributed by atoms with Gasteiger partial charge in [0.25, 0.3) is 0 Å². The molecule has 0 amide bonds. The van der Waals surface area contributed by atoms with Gasteiger partial charge in [-0.3, -0.25) is 0 Å². The molecule has 0 unspecified atom stereocenters. The van der Waals surface area contributed by atoms with E-state index < -0.39 is 49.2 Å². The highest BCUT2D eigenvalue weighted by atomic mass is 16.8. The second kappa shape index (κ2) is 27.3. The summed E-state index contributed by atoms with van der Waals surface area (Å²) in [6, 6.07) is 50.8. The van der Waals surface area contributed by atoms with Crippen molar-refractivity contribution in [3.8, 4) is 0 Å². The van der Waals surface area contributed by atoms with Gasteiger partial charge in [-0.05, 0) is 34.2 Å². The van der Waals surface area contributed by atoms with Crippen LogP contribution < -0.4 is 0 Å². The summed E-state index contributed by atoms with van der Waals surface area (Å²) in [5, 5.41) is 0. The summed E-state index contributed by atoms with van der Waals surface area (Å²) in [4.78, 5) is 0. The van der Waals surface area contributed by atoms with Crippen LogP contribution in [0.3, 0.4) is 0 Å². The van der Waals surface area contributed by atoms with Crippen molar-refractivity contribution in [1.29, 1.82) is 0 Å². The summed E-state index contributed by atoms with van der Waals surface area (Å²) in [5.74, 6) is 0. The Morgan fingerprint density at radius 1 is 0.359 bits per heavy atom. The Balaban J connectivity index is 1.13. The number of unbranched alkanes of at least 4 members (excludes halogenated alkanes) is 7. The second-order valence-electron chi connectivity index (χ2n) is 16.8. The molecule has 0 N–H and O–H groups in total. The number of benzene rings is 5. The van der Waals surface area contributed by atoms with Gasteiger partial charge >= 0.3 is 0 Å². The van der Waals surface area contributed by atoms with Crippen LogP contribution in [0.2, 0.25) is 0 Å². The average molecular weight is 873 g/mol. The third-order valence-electron chi connectivity index (χ3n) is 11.7. The topological polar surface area (TPSA) is 83.1 Å². The van der Waals surface area contributed by atoms with Gasteiger partial charge in [0, 0.05) is 6.61 Å². The molecule has 0 spiro atoms. The smallest absolute Gasteiger partial charge is 0.187 e. The fourth-order valence-corrected chi connectivity index (χ4v) is 8.24. The van der Waals surface area contributed by atoms with Crippen LogP contribution in [0, 0.1) is 0 Å². The molecule has 0 aromatic heterocycles. The molecule has 8 atom stereocenters. The third kappa shape index (κ3) is 15.4. The number of ether oxygens (including phenoxy) is 9. The van der Waals surface area contributed by atoms with Crippen LogP contribution in [0.4, 0.5) is 0 Å². The summed E-state index contributed by atoms with van der Waals surface area (Å²) in [7, 11) is 0. The van der Waals surface area contributed by atoms with Crippen LogP contribution in [0.25, 0.3) is 0 Å². The second-order valence-corrected chi connectivity index (χ2v) is 16.8. The summed E-state index contributed by atoms with van der Waals surface area (Å²) >= 11 is 0. The Labute approximate surface area is 381 Å². The highest BCUT2D eigenvalue weighted by Crippen LogP contribution is 2.36. The molecule has 9 heteroatoms. The summed E-state index contributed by atoms with van der Waals surface area (Å²) in [6.45, 7) is 5.25. The molecule has 9 nitrogen and oxygen atoms in total. The minimum Gasteiger partial charge on any atom is -0.374 e. The van der Waals surface area contributed by atoms with Gasteiger partial charge in [-0.25, -0.2) is 0 Å². The Hall–Kier alpha value is -4.26. The van der Waals surface area contributed by atoms with Crippen molar-refractivity contribution in [1.82, 2.24) is 0 Å². The van der Waals surface area contributed by atoms with Crippen molar-refractivity contribution in [3.63, 3.8) is 0 Å². The van der Waals surface area contributed by atoms with E-state index in [1.807, 2.05) is 91.0 Å². The standard InChI is InChI=1S/C55H68O9/c1-2-3-4-5-6-7-8-24-35-58-54-53(51(60-39-46-31-20-12-21-32-46)49(62-54)42-57-37-44-27-16-10-17-28-44)64-55-52(61-40-47-33-22-13-23-34-47)50(59-38-45-29-18-11-19-30-45)48(63-55)41-56-36-43-25-14-9-15-26-43/h9-23,25-34,48-55H,2-8,24,35-42H2,1H3/t48-,49-,50-,51-,52+,53+,54-,55-/m1/s1. The zero-order valence-electron chi connectivity index (χ0n) is 37.5. The Kier molecular flexibility index (Phi) is 20.3. The SMILES string of the molecule is CCCCCCCCCCO[C@@H]1O[C@H](COCc2ccccc2)[C@@H](OCc2ccccc2)[C@@H]1O[C@H]1O[C@H](COCc2ccccc2)[C@@H](OCc2ccccc2)[C@@H]1OCc1ccccc1. The molecule has 0 aliphatic carbocycles. The van der Waals surface area contributed by atoms with Crippen molar-refractivity contribution in [2.24, 2.45) is 0 Å². The van der Waals surface area contributed by atoms with Gasteiger partial charge < -0.3 is 42.6 Å². The van der Waals surface area contributed by atoms with E-state index in [4.69, 9.17) is 42.6 Å². The largest absolute Gasteiger partial charge is 0.374 e. The predicted octanol–water partition coefficient (Wildman–Crippen LogP) is 11.2. The van der Waals surface area contributed by atoms with Gasteiger partial charge in [0.05, 0.1) is 46.2 Å². The van der Waals surface area contributed by atoms with Crippen LogP contribution in [-0.4, -0.2) is 69.0 Å². The first-order valence-corrected chi connectivity index (χ1v) is 23.5. The zero-order chi connectivity index (χ0) is 43.9. The molecule has 5 aromatic rings. The maximum absolute atomic E-state index is 7.18. The first-order valence-electron chi connectivity index (χ1n) is 23.5. The minimum absolute atomic E-state index is 0.267. The van der Waals surface area contributed by atoms with Gasteiger partial charge in [0.15, 0.2) is 12.6 Å². The van der Waals surface area contributed by atoms with Crippen LogP contribution in [0.5, 0.6) is 0 Å². The van der Waals surface area contributed by atoms with E-state index in [9.17, 15) is 0 Å². The molecule has 2 aliphatic heterocycles. The maximum atomic E-state index is 7.18. The van der Waals surface area contributed by atoms with E-state index in [1.54, 1.807) is 0 Å². The van der Waals surface area contributed by atoms with E-state index in [1.165, 1.54) is 38.5 Å². The fourth-order valence-electron chi connectivity index (χ4n) is 8.24. The molecule has 0 saturated carbocycles. The maximum Gasteiger partial charge on any atom is 0.187 e. The molecule has 7 rings (SSSR count). The monoisotopic (exact) mass is 872 g/mol. The van der Waals surface area contributed by atoms with Gasteiger partial charge in [0.1, 0.15) is 36.6 Å². The van der Waals surface area contributed by atoms with Gasteiger partial charge in [-0.2, -0.15) is 0 Å². The minimum atomic E-state index is -0.871. The Morgan fingerprint density at radius 2 is 0.719 bits per heavy atom. The van der Waals surface area contributed by atoms with E-state index >= 15 is 0 Å². The lowest BCUT2D eigenvalue weighted by Crippen LogP contribution is -2.46. The average Bonchev–Trinajstić information content (AvgIpc) is 3.85. The molecule has 2 aliphatic rings. The van der Waals surface area contributed by atoms with E-state index in [0.717, 1.165) is 40.7 Å². The van der Waals surface area contributed by atoms with Crippen molar-refractivity contribution in [2.75, 3.05) is 19.8 Å². The Bertz CT molecular complexity index is 1940. The molecule has 0 radical (unpaired) electrons. The third-order valence-corrected chi connectivity index (χ3v) is 11.7. The lowest BCUT2D eigenvalue weighted by atomic mass is 10.1. The predicted molar refractivity (Wildman–Crippen MR) is 248 cm³/mol. The van der Waals surface area contributed by atoms with E-state index in [-0.39, 0.29) is 13.2 Å². The first-order chi connectivity index (χ1) is 31.7. The normalized spacial score (nSPS) is 23.1. The van der Waals surface area contributed by atoms with Crippen LogP contribution >= 0.6 is 0 Å². The summed E-state index contributed by atoms with van der Waals surface area (Å²) in [5.41, 5.74) is 5.27. The Morgan fingerprint density at radius 3 is 1.16 bits per heavy atom. The zero-order valence-corrected chi connectivity index (χ0v) is 37.5. The first kappa shape index (κ1) is 47.7. The summed E-state index contributed by atoms with van der Waals surface area (Å²) < 4.78 is 60.6. The van der Waals surface area contributed by atoms with Crippen molar-refractivity contribution < 1.29 is 42.6 Å². The highest BCUT2D eigenvalue weighted by molar-refractivity contribution is 5.17. The molecular formula is C55H68O9. The number of hydrogen-bond donors (Lipinski definition) is 0. The molecule has 5 aromatic carbocycles. The quantitative estimate of drug-likeness (QED) is 0.0436. The lowest BCUT2D eigenvalue weighted by Gasteiger charge is -2.30. The van der Waals surface area contributed by atoms with Gasteiger partial charge in [0.2, 0.25) is 0 Å². The molecular weight excluding hydrogens is 805 g/mol. The van der Waals surface area contributed by atoms with Crippen molar-refractivity contribution >= 4 is 0 Å². The van der Waals surface area contributed by atoms with E-state index in [2.05, 4.69) is 67.6 Å². The van der Waals surface area contributed by atoms with Crippen LogP contribution in [0.1, 0.15) is 86.1 Å². The lowest BCUT2D eigenvalue weighted by molar-refractivity contribution is -0.255. The van der Waals surface area contributed by atoms with Crippen molar-refractivity contribution in [2.45, 2.75) is 141 Å². The molecule has 342 valence electrons. The molecule has 2 heterocycles. The van der Waals surface area contributed by atoms with Gasteiger partial charge in [-0.1, -0.05) is 204 Å². The summed E-state index contributed by atoms with van der Waals surface area (Å²) in [6.07, 6.45) is 4.57. The molecule has 2 fully saturated rings. The van der Waals surface area contributed by atoms with Crippen LogP contribution in [-0.2, 0) is 75.7 Å². The van der Waals surface area contributed by atoms with E-state index in [0.29, 0.717) is 39.6 Å². The number of hydrogen-bond acceptors (Lipinski definition) is 9. The van der Waals surface area contributed by atoms with Gasteiger partial charge in [-0.15, -0.1) is 0 Å². The van der Waals surface area contributed by atoms with Crippen molar-refractivity contribution in [3.05, 3.63) is 179 Å². The highest BCUT2D eigenvalue weighted by Gasteiger charge is 2.53. The van der Waals surface area contributed by atoms with Crippen LogP contribution in [0.15, 0.2) is 152 Å². The molecule has 64 heavy (non-hydrogen) atoms. The number of rotatable bonds is 29. The molecule has 2 saturated heterocycles. The fraction of sp³-hybridized carbons (Fsp3) is 0.455.